The zero-order chi connectivity index (χ0) is 22.9. The Balaban J connectivity index is 1.81. The number of amides is 2. The molecule has 0 aliphatic rings. The van der Waals surface area contributed by atoms with Crippen LogP contribution in [0.25, 0.3) is 0 Å². The van der Waals surface area contributed by atoms with Crippen LogP contribution in [0.4, 0.5) is 10.1 Å². The van der Waals surface area contributed by atoms with Gasteiger partial charge in [-0.05, 0) is 73.1 Å². The van der Waals surface area contributed by atoms with Gasteiger partial charge in [0, 0.05) is 29.9 Å². The van der Waals surface area contributed by atoms with Crippen LogP contribution >= 0.6 is 0 Å². The largest absolute Gasteiger partial charge is 0.334 e. The lowest BCUT2D eigenvalue weighted by molar-refractivity contribution is 0.0742. The molecular formula is C25H23FN4O2. The predicted molar refractivity (Wildman–Crippen MR) is 120 cm³/mol. The van der Waals surface area contributed by atoms with E-state index < -0.39 is 5.82 Å². The molecule has 0 atom stereocenters. The smallest absolute Gasteiger partial charge is 0.255 e. The van der Waals surface area contributed by atoms with Gasteiger partial charge in [0.25, 0.3) is 11.8 Å². The Labute approximate surface area is 186 Å². The Morgan fingerprint density at radius 3 is 2.28 bits per heavy atom. The third-order valence-electron chi connectivity index (χ3n) is 4.91. The van der Waals surface area contributed by atoms with Crippen molar-refractivity contribution in [3.05, 3.63) is 101 Å². The number of halogens is 1. The van der Waals surface area contributed by atoms with Gasteiger partial charge in [0.1, 0.15) is 5.82 Å². The summed E-state index contributed by atoms with van der Waals surface area (Å²) in [6, 6.07) is 21.0. The fourth-order valence-corrected chi connectivity index (χ4v) is 3.19. The number of nitrogens with two attached hydrogens (primary N) is 1. The minimum absolute atomic E-state index is 0.192. The van der Waals surface area contributed by atoms with Gasteiger partial charge in [0.2, 0.25) is 0 Å². The maximum absolute atomic E-state index is 13.2. The minimum atomic E-state index is -0.418. The van der Waals surface area contributed by atoms with Gasteiger partial charge in [-0.3, -0.25) is 9.59 Å². The molecule has 7 heteroatoms. The highest BCUT2D eigenvalue weighted by atomic mass is 19.1. The van der Waals surface area contributed by atoms with Crippen LogP contribution in [0.3, 0.4) is 0 Å². The van der Waals surface area contributed by atoms with E-state index in [-0.39, 0.29) is 18.4 Å². The third kappa shape index (κ3) is 5.78. The van der Waals surface area contributed by atoms with Crippen molar-refractivity contribution in [2.75, 3.05) is 18.4 Å². The molecule has 0 bridgehead atoms. The molecule has 0 aliphatic carbocycles. The molecule has 3 aromatic rings. The van der Waals surface area contributed by atoms with Crippen LogP contribution in [0.15, 0.2) is 72.8 Å². The van der Waals surface area contributed by atoms with E-state index in [0.717, 1.165) is 5.56 Å². The molecule has 0 aromatic heterocycles. The van der Waals surface area contributed by atoms with Gasteiger partial charge in [0.05, 0.1) is 11.6 Å². The summed E-state index contributed by atoms with van der Waals surface area (Å²) < 4.78 is 13.2. The second-order valence-electron chi connectivity index (χ2n) is 7.18. The molecule has 3 aromatic carbocycles. The Hall–Kier alpha value is -4.02. The zero-order valence-electron chi connectivity index (χ0n) is 17.4. The van der Waals surface area contributed by atoms with Crippen LogP contribution in [-0.2, 0) is 6.54 Å². The number of benzene rings is 3. The summed E-state index contributed by atoms with van der Waals surface area (Å²) in [5.41, 5.74) is 8.25. The molecule has 0 spiro atoms. The second kappa shape index (κ2) is 10.8. The molecule has 3 N–H and O–H groups in total. The predicted octanol–water partition coefficient (Wildman–Crippen LogP) is 3.94. The van der Waals surface area contributed by atoms with E-state index in [4.69, 9.17) is 11.0 Å². The van der Waals surface area contributed by atoms with Crippen LogP contribution in [-0.4, -0.2) is 29.8 Å². The van der Waals surface area contributed by atoms with Crippen molar-refractivity contribution >= 4 is 17.5 Å². The molecule has 0 aliphatic heterocycles. The SMILES string of the molecule is N#Cc1ccc(C(=O)N(CCCN)Cc2ccccc2NC(=O)c2ccc(F)cc2)cc1. The number of carbonyl (C=O) groups excluding carboxylic acids is 2. The molecule has 0 heterocycles. The molecule has 0 saturated heterocycles. The molecule has 0 fully saturated rings. The van der Waals surface area contributed by atoms with Crippen molar-refractivity contribution in [2.24, 2.45) is 5.73 Å². The van der Waals surface area contributed by atoms with Crippen molar-refractivity contribution in [1.29, 1.82) is 5.26 Å². The van der Waals surface area contributed by atoms with Crippen LogP contribution < -0.4 is 11.1 Å². The van der Waals surface area contributed by atoms with Gasteiger partial charge >= 0.3 is 0 Å². The first kappa shape index (κ1) is 22.7. The molecule has 0 unspecified atom stereocenters. The Morgan fingerprint density at radius 2 is 1.62 bits per heavy atom. The monoisotopic (exact) mass is 430 g/mol. The second-order valence-corrected chi connectivity index (χ2v) is 7.18. The first-order valence-corrected chi connectivity index (χ1v) is 10.2. The van der Waals surface area contributed by atoms with Crippen molar-refractivity contribution in [1.82, 2.24) is 4.90 Å². The first-order chi connectivity index (χ1) is 15.5. The highest BCUT2D eigenvalue weighted by Crippen LogP contribution is 2.20. The molecule has 0 saturated carbocycles. The summed E-state index contributed by atoms with van der Waals surface area (Å²) in [5, 5.41) is 11.8. The van der Waals surface area contributed by atoms with Crippen LogP contribution in [0, 0.1) is 17.1 Å². The van der Waals surface area contributed by atoms with Gasteiger partial charge in [-0.2, -0.15) is 5.26 Å². The highest BCUT2D eigenvalue weighted by Gasteiger charge is 2.18. The normalized spacial score (nSPS) is 10.3. The van der Waals surface area contributed by atoms with Crippen molar-refractivity contribution in [3.8, 4) is 6.07 Å². The fraction of sp³-hybridized carbons (Fsp3) is 0.160. The lowest BCUT2D eigenvalue weighted by Crippen LogP contribution is -2.33. The zero-order valence-corrected chi connectivity index (χ0v) is 17.4. The van der Waals surface area contributed by atoms with E-state index >= 15 is 0 Å². The fourth-order valence-electron chi connectivity index (χ4n) is 3.19. The summed E-state index contributed by atoms with van der Waals surface area (Å²) in [5.74, 6) is -0.981. The lowest BCUT2D eigenvalue weighted by atomic mass is 10.1. The van der Waals surface area contributed by atoms with Gasteiger partial charge < -0.3 is 16.0 Å². The van der Waals surface area contributed by atoms with Crippen LogP contribution in [0.1, 0.15) is 38.3 Å². The van der Waals surface area contributed by atoms with E-state index in [0.29, 0.717) is 41.9 Å². The molecule has 0 radical (unpaired) electrons. The summed E-state index contributed by atoms with van der Waals surface area (Å²) >= 11 is 0. The van der Waals surface area contributed by atoms with Crippen LogP contribution in [0.2, 0.25) is 0 Å². The number of rotatable bonds is 8. The third-order valence-corrected chi connectivity index (χ3v) is 4.91. The van der Waals surface area contributed by atoms with Gasteiger partial charge in [-0.25, -0.2) is 4.39 Å². The van der Waals surface area contributed by atoms with E-state index in [2.05, 4.69) is 5.32 Å². The van der Waals surface area contributed by atoms with E-state index in [1.165, 1.54) is 24.3 Å². The molecule has 3 rings (SSSR count). The Bertz CT molecular complexity index is 1120. The molecule has 6 nitrogen and oxygen atoms in total. The van der Waals surface area contributed by atoms with Crippen molar-refractivity contribution < 1.29 is 14.0 Å². The number of nitriles is 1. The Morgan fingerprint density at radius 1 is 0.969 bits per heavy atom. The number of anilines is 1. The summed E-state index contributed by atoms with van der Waals surface area (Å²) in [6.45, 7) is 1.13. The molecular weight excluding hydrogens is 407 g/mol. The minimum Gasteiger partial charge on any atom is -0.334 e. The number of hydrogen-bond donors (Lipinski definition) is 2. The maximum atomic E-state index is 13.2. The molecule has 162 valence electrons. The topological polar surface area (TPSA) is 99.2 Å². The Kier molecular flexibility index (Phi) is 7.68. The van der Waals surface area contributed by atoms with Gasteiger partial charge in [-0.15, -0.1) is 0 Å². The standard InChI is InChI=1S/C25H23FN4O2/c26-22-12-10-19(11-13-22)24(31)29-23-5-2-1-4-21(23)17-30(15-3-14-27)25(32)20-8-6-18(16-28)7-9-20/h1-2,4-13H,3,14-15,17,27H2,(H,29,31). The first-order valence-electron chi connectivity index (χ1n) is 10.2. The van der Waals surface area contributed by atoms with Crippen molar-refractivity contribution in [2.45, 2.75) is 13.0 Å². The van der Waals surface area contributed by atoms with E-state index in [1.807, 2.05) is 18.2 Å². The quantitative estimate of drug-likeness (QED) is 0.565. The number of carbonyl (C=O) groups is 2. The summed E-state index contributed by atoms with van der Waals surface area (Å²) in [4.78, 5) is 27.4. The lowest BCUT2D eigenvalue weighted by Gasteiger charge is -2.24. The average Bonchev–Trinajstić information content (AvgIpc) is 2.82. The summed E-state index contributed by atoms with van der Waals surface area (Å²) in [7, 11) is 0. The van der Waals surface area contributed by atoms with Crippen LogP contribution in [0.5, 0.6) is 0 Å². The number of para-hydroxylation sites is 1. The summed E-state index contributed by atoms with van der Waals surface area (Å²) in [6.07, 6.45) is 0.617. The number of hydrogen-bond acceptors (Lipinski definition) is 4. The maximum Gasteiger partial charge on any atom is 0.255 e. The van der Waals surface area contributed by atoms with Crippen molar-refractivity contribution in [3.63, 3.8) is 0 Å². The highest BCUT2D eigenvalue weighted by molar-refractivity contribution is 6.04. The van der Waals surface area contributed by atoms with Gasteiger partial charge in [0.15, 0.2) is 0 Å². The van der Waals surface area contributed by atoms with E-state index in [9.17, 15) is 14.0 Å². The average molecular weight is 430 g/mol. The number of nitrogens with zero attached hydrogens (tertiary/aromatic N) is 2. The molecule has 2 amide bonds. The number of nitrogens with one attached hydrogen (secondary N) is 1. The molecule has 32 heavy (non-hydrogen) atoms. The van der Waals surface area contributed by atoms with Gasteiger partial charge in [-0.1, -0.05) is 18.2 Å². The van der Waals surface area contributed by atoms with E-state index in [1.54, 1.807) is 41.3 Å².